The van der Waals surface area contributed by atoms with Gasteiger partial charge in [-0.2, -0.15) is 8.42 Å². The number of hydrogen-bond acceptors (Lipinski definition) is 4. The number of aliphatic hydroxyl groups is 1. The van der Waals surface area contributed by atoms with E-state index in [0.717, 1.165) is 18.7 Å². The third kappa shape index (κ3) is 7.45. The second-order valence-corrected chi connectivity index (χ2v) is 5.58. The van der Waals surface area contributed by atoms with Crippen LogP contribution in [0.5, 0.6) is 0 Å². The fraction of sp³-hybridized carbons (Fsp3) is 0.200. The average Bonchev–Trinajstić information content (AvgIpc) is 2.49. The summed E-state index contributed by atoms with van der Waals surface area (Å²) in [6.45, 7) is 1.08. The minimum absolute atomic E-state index is 0.0741. The third-order valence-corrected chi connectivity index (χ3v) is 3.35. The van der Waals surface area contributed by atoms with Gasteiger partial charge in [0, 0.05) is 18.8 Å². The summed E-state index contributed by atoms with van der Waals surface area (Å²) in [7, 11) is -4.00. The first-order chi connectivity index (χ1) is 10.0. The molecule has 0 aliphatic carbocycles. The van der Waals surface area contributed by atoms with E-state index in [-0.39, 0.29) is 11.5 Å². The van der Waals surface area contributed by atoms with Gasteiger partial charge < -0.3 is 10.4 Å². The molecule has 0 bridgehead atoms. The summed E-state index contributed by atoms with van der Waals surface area (Å²) in [6, 6.07) is 17.4. The van der Waals surface area contributed by atoms with Crippen molar-refractivity contribution in [2.24, 2.45) is 0 Å². The van der Waals surface area contributed by atoms with Crippen LogP contribution in [0.3, 0.4) is 0 Å². The molecule has 2 rings (SSSR count). The summed E-state index contributed by atoms with van der Waals surface area (Å²) in [4.78, 5) is -0.0741. The zero-order valence-electron chi connectivity index (χ0n) is 11.5. The first-order valence-electron chi connectivity index (χ1n) is 6.46. The molecule has 0 spiro atoms. The van der Waals surface area contributed by atoms with E-state index >= 15 is 0 Å². The van der Waals surface area contributed by atoms with E-state index in [1.165, 1.54) is 12.1 Å². The molecule has 0 atom stereocenters. The molecular formula is C15H19NO4S. The molecule has 0 heterocycles. The molecule has 0 fully saturated rings. The lowest BCUT2D eigenvalue weighted by Gasteiger charge is -2.03. The van der Waals surface area contributed by atoms with Gasteiger partial charge in [0.15, 0.2) is 0 Å². The van der Waals surface area contributed by atoms with Crippen LogP contribution in [0.4, 0.5) is 5.69 Å². The zero-order valence-corrected chi connectivity index (χ0v) is 12.3. The molecule has 0 saturated carbocycles. The van der Waals surface area contributed by atoms with E-state index in [2.05, 4.69) is 5.32 Å². The Labute approximate surface area is 125 Å². The highest BCUT2D eigenvalue weighted by Gasteiger charge is 2.05. The Morgan fingerprint density at radius 2 is 1.43 bits per heavy atom. The van der Waals surface area contributed by atoms with Crippen LogP contribution in [0.2, 0.25) is 0 Å². The molecule has 0 saturated heterocycles. The van der Waals surface area contributed by atoms with Crippen molar-refractivity contribution in [2.75, 3.05) is 18.5 Å². The molecule has 0 radical (unpaired) electrons. The summed E-state index contributed by atoms with van der Waals surface area (Å²) >= 11 is 0. The Kier molecular flexibility index (Phi) is 7.45. The van der Waals surface area contributed by atoms with Crippen LogP contribution < -0.4 is 5.32 Å². The molecule has 2 aromatic rings. The molecule has 2 aromatic carbocycles. The fourth-order valence-corrected chi connectivity index (χ4v) is 1.96. The van der Waals surface area contributed by atoms with E-state index < -0.39 is 10.1 Å². The predicted octanol–water partition coefficient (Wildman–Crippen LogP) is 2.41. The molecule has 5 nitrogen and oxygen atoms in total. The molecule has 0 aromatic heterocycles. The van der Waals surface area contributed by atoms with Crippen LogP contribution in [0.15, 0.2) is 65.6 Å². The van der Waals surface area contributed by atoms with Gasteiger partial charge in [0.05, 0.1) is 4.90 Å². The van der Waals surface area contributed by atoms with Crippen LogP contribution in [0, 0.1) is 0 Å². The van der Waals surface area contributed by atoms with Gasteiger partial charge in [-0.15, -0.1) is 0 Å². The zero-order chi connectivity index (χ0) is 15.6. The highest BCUT2D eigenvalue weighted by atomic mass is 32.2. The SMILES string of the molecule is O=S(=O)(O)c1ccccc1.OCCCNc1ccccc1. The third-order valence-electron chi connectivity index (χ3n) is 2.48. The monoisotopic (exact) mass is 309 g/mol. The Bertz CT molecular complexity index is 600. The van der Waals surface area contributed by atoms with Crippen molar-refractivity contribution in [3.63, 3.8) is 0 Å². The number of rotatable bonds is 5. The molecular weight excluding hydrogens is 290 g/mol. The van der Waals surface area contributed by atoms with Crippen molar-refractivity contribution in [3.8, 4) is 0 Å². The van der Waals surface area contributed by atoms with Crippen molar-refractivity contribution in [1.29, 1.82) is 0 Å². The van der Waals surface area contributed by atoms with E-state index in [9.17, 15) is 8.42 Å². The molecule has 0 amide bonds. The molecule has 3 N–H and O–H groups in total. The number of aliphatic hydroxyl groups excluding tert-OH is 1. The van der Waals surface area contributed by atoms with E-state index in [4.69, 9.17) is 9.66 Å². The minimum Gasteiger partial charge on any atom is -0.396 e. The lowest BCUT2D eigenvalue weighted by molar-refractivity contribution is 0.292. The quantitative estimate of drug-likeness (QED) is 0.583. The highest BCUT2D eigenvalue weighted by molar-refractivity contribution is 7.85. The van der Waals surface area contributed by atoms with E-state index in [1.54, 1.807) is 18.2 Å². The summed E-state index contributed by atoms with van der Waals surface area (Å²) in [5.41, 5.74) is 1.11. The Morgan fingerprint density at radius 1 is 0.905 bits per heavy atom. The Balaban J connectivity index is 0.000000211. The van der Waals surface area contributed by atoms with Crippen LogP contribution in [0.25, 0.3) is 0 Å². The maximum Gasteiger partial charge on any atom is 0.294 e. The summed E-state index contributed by atoms with van der Waals surface area (Å²) in [5.74, 6) is 0. The predicted molar refractivity (Wildman–Crippen MR) is 82.9 cm³/mol. The highest BCUT2D eigenvalue weighted by Crippen LogP contribution is 2.05. The van der Waals surface area contributed by atoms with Crippen molar-refractivity contribution in [3.05, 3.63) is 60.7 Å². The van der Waals surface area contributed by atoms with Gasteiger partial charge in [-0.3, -0.25) is 4.55 Å². The number of benzene rings is 2. The van der Waals surface area contributed by atoms with Gasteiger partial charge in [0.25, 0.3) is 10.1 Å². The van der Waals surface area contributed by atoms with Crippen LogP contribution >= 0.6 is 0 Å². The maximum atomic E-state index is 10.4. The van der Waals surface area contributed by atoms with Crippen LogP contribution in [-0.2, 0) is 10.1 Å². The van der Waals surface area contributed by atoms with Gasteiger partial charge in [0.2, 0.25) is 0 Å². The van der Waals surface area contributed by atoms with Crippen molar-refractivity contribution in [1.82, 2.24) is 0 Å². The number of nitrogens with one attached hydrogen (secondary N) is 1. The smallest absolute Gasteiger partial charge is 0.294 e. The van der Waals surface area contributed by atoms with Crippen molar-refractivity contribution >= 4 is 15.8 Å². The number of para-hydroxylation sites is 1. The Morgan fingerprint density at radius 3 is 1.86 bits per heavy atom. The van der Waals surface area contributed by atoms with Crippen molar-refractivity contribution < 1.29 is 18.1 Å². The summed E-state index contributed by atoms with van der Waals surface area (Å²) < 4.78 is 29.2. The number of anilines is 1. The molecule has 0 unspecified atom stereocenters. The second-order valence-electron chi connectivity index (χ2n) is 4.16. The normalized spacial score (nSPS) is 10.4. The first kappa shape index (κ1) is 17.2. The van der Waals surface area contributed by atoms with Crippen molar-refractivity contribution in [2.45, 2.75) is 11.3 Å². The Hall–Kier alpha value is -1.89. The maximum absolute atomic E-state index is 10.4. The second kappa shape index (κ2) is 9.12. The summed E-state index contributed by atoms with van der Waals surface area (Å²) in [6.07, 6.45) is 0.800. The van der Waals surface area contributed by atoms with Gasteiger partial charge >= 0.3 is 0 Å². The van der Waals surface area contributed by atoms with Crippen LogP contribution in [0.1, 0.15) is 6.42 Å². The van der Waals surface area contributed by atoms with Gasteiger partial charge in [0.1, 0.15) is 0 Å². The van der Waals surface area contributed by atoms with E-state index in [0.29, 0.717) is 0 Å². The lowest BCUT2D eigenvalue weighted by Crippen LogP contribution is -2.02. The van der Waals surface area contributed by atoms with Crippen LogP contribution in [-0.4, -0.2) is 31.2 Å². The molecule has 0 aliphatic rings. The average molecular weight is 309 g/mol. The fourth-order valence-electron chi connectivity index (χ4n) is 1.46. The van der Waals surface area contributed by atoms with Gasteiger partial charge in [-0.05, 0) is 30.7 Å². The lowest BCUT2D eigenvalue weighted by atomic mass is 10.3. The largest absolute Gasteiger partial charge is 0.396 e. The molecule has 0 aliphatic heterocycles. The van der Waals surface area contributed by atoms with E-state index in [1.807, 2.05) is 30.3 Å². The first-order valence-corrected chi connectivity index (χ1v) is 7.90. The molecule has 114 valence electrons. The van der Waals surface area contributed by atoms with Gasteiger partial charge in [-0.1, -0.05) is 36.4 Å². The molecule has 21 heavy (non-hydrogen) atoms. The minimum atomic E-state index is -4.00. The number of hydrogen-bond donors (Lipinski definition) is 3. The standard InChI is InChI=1S/C9H13NO.C6H6O3S/c11-8-4-7-10-9-5-2-1-3-6-9;7-10(8,9)6-4-2-1-3-5-6/h1-3,5-6,10-11H,4,7-8H2;1-5H,(H,7,8,9). The molecule has 6 heteroatoms. The topological polar surface area (TPSA) is 86.6 Å². The van der Waals surface area contributed by atoms with Gasteiger partial charge in [-0.25, -0.2) is 0 Å². The summed E-state index contributed by atoms with van der Waals surface area (Å²) in [5, 5.41) is 11.7.